The van der Waals surface area contributed by atoms with E-state index in [0.717, 1.165) is 0 Å². The van der Waals surface area contributed by atoms with Crippen LogP contribution in [0.2, 0.25) is 5.02 Å². The molecule has 1 atom stereocenters. The minimum absolute atomic E-state index is 0.274. The van der Waals surface area contributed by atoms with E-state index in [1.165, 1.54) is 12.1 Å². The summed E-state index contributed by atoms with van der Waals surface area (Å²) in [5, 5.41) is 0.304. The van der Waals surface area contributed by atoms with E-state index in [9.17, 15) is 4.39 Å². The molecule has 2 heterocycles. The Hall–Kier alpha value is -2.85. The molecule has 134 valence electrons. The normalized spacial score (nSPS) is 16.3. The summed E-state index contributed by atoms with van der Waals surface area (Å²) < 4.78 is 14.1. The predicted molar refractivity (Wildman–Crippen MR) is 100 cm³/mol. The van der Waals surface area contributed by atoms with Gasteiger partial charge in [-0.2, -0.15) is 0 Å². The molecule has 0 spiro atoms. The number of guanidine groups is 1. The van der Waals surface area contributed by atoms with Crippen molar-refractivity contribution in [2.24, 2.45) is 10.7 Å². The predicted octanol–water partition coefficient (Wildman–Crippen LogP) is 2.08. The van der Waals surface area contributed by atoms with Crippen molar-refractivity contribution in [3.8, 4) is 12.3 Å². The molecule has 0 bridgehead atoms. The van der Waals surface area contributed by atoms with Crippen LogP contribution < -0.4 is 10.6 Å². The van der Waals surface area contributed by atoms with E-state index >= 15 is 0 Å². The highest BCUT2D eigenvalue weighted by atomic mass is 35.5. The third-order valence-electron chi connectivity index (χ3n) is 4.11. The molecular weight excluding hydrogens is 355 g/mol. The van der Waals surface area contributed by atoms with Gasteiger partial charge in [-0.25, -0.2) is 19.4 Å². The average Bonchev–Trinajstić information content (AvgIpc) is 2.67. The lowest BCUT2D eigenvalue weighted by molar-refractivity contribution is 0.377. The number of hydrogen-bond acceptors (Lipinski definition) is 4. The zero-order valence-electron chi connectivity index (χ0n) is 14.0. The third kappa shape index (κ3) is 4.03. The van der Waals surface area contributed by atoms with Crippen molar-refractivity contribution in [2.75, 3.05) is 31.1 Å². The highest BCUT2D eigenvalue weighted by Crippen LogP contribution is 2.23. The summed E-state index contributed by atoms with van der Waals surface area (Å²) in [6.07, 6.45) is 8.95. The van der Waals surface area contributed by atoms with Crippen molar-refractivity contribution < 1.29 is 4.39 Å². The number of aromatic nitrogens is 2. The fourth-order valence-corrected chi connectivity index (χ4v) is 2.88. The van der Waals surface area contributed by atoms with Gasteiger partial charge in [-0.05, 0) is 18.2 Å². The molecule has 26 heavy (non-hydrogen) atoms. The van der Waals surface area contributed by atoms with E-state index in [2.05, 4.69) is 25.8 Å². The quantitative estimate of drug-likeness (QED) is 0.507. The molecule has 1 aromatic carbocycles. The Morgan fingerprint density at radius 3 is 2.58 bits per heavy atom. The van der Waals surface area contributed by atoms with Gasteiger partial charge in [0, 0.05) is 49.2 Å². The molecule has 0 aliphatic carbocycles. The molecule has 0 amide bonds. The van der Waals surface area contributed by atoms with Crippen molar-refractivity contribution >= 4 is 23.5 Å². The summed E-state index contributed by atoms with van der Waals surface area (Å²) in [4.78, 5) is 16.8. The summed E-state index contributed by atoms with van der Waals surface area (Å²) in [5.41, 5.74) is 6.38. The molecule has 1 unspecified atom stereocenters. The van der Waals surface area contributed by atoms with Crippen LogP contribution in [-0.4, -0.2) is 47.0 Å². The number of terminal acetylenes is 1. The summed E-state index contributed by atoms with van der Waals surface area (Å²) in [6, 6.07) is 5.30. The maximum Gasteiger partial charge on any atom is 0.225 e. The van der Waals surface area contributed by atoms with Crippen molar-refractivity contribution in [3.05, 3.63) is 53.1 Å². The molecule has 1 saturated heterocycles. The monoisotopic (exact) mass is 372 g/mol. The fraction of sp³-hybridized carbons (Fsp3) is 0.278. The zero-order chi connectivity index (χ0) is 18.5. The number of nitrogens with two attached hydrogens (primary N) is 1. The van der Waals surface area contributed by atoms with Crippen molar-refractivity contribution in [1.29, 1.82) is 0 Å². The number of rotatable bonds is 3. The summed E-state index contributed by atoms with van der Waals surface area (Å²) >= 11 is 5.78. The minimum Gasteiger partial charge on any atom is -0.370 e. The van der Waals surface area contributed by atoms with E-state index in [0.29, 0.717) is 37.1 Å². The first-order chi connectivity index (χ1) is 12.6. The van der Waals surface area contributed by atoms with Crippen LogP contribution in [0.1, 0.15) is 11.6 Å². The van der Waals surface area contributed by atoms with Crippen molar-refractivity contribution in [1.82, 2.24) is 14.9 Å². The van der Waals surface area contributed by atoms with Crippen LogP contribution in [0.15, 0.2) is 41.7 Å². The van der Waals surface area contributed by atoms with E-state index in [-0.39, 0.29) is 11.5 Å². The topological polar surface area (TPSA) is 70.6 Å². The fourth-order valence-electron chi connectivity index (χ4n) is 2.72. The number of halogens is 2. The Morgan fingerprint density at radius 1 is 1.27 bits per heavy atom. The average molecular weight is 373 g/mol. The van der Waals surface area contributed by atoms with Gasteiger partial charge in [0.2, 0.25) is 5.95 Å². The molecule has 2 aromatic rings. The Kier molecular flexibility index (Phi) is 5.54. The van der Waals surface area contributed by atoms with Crippen LogP contribution >= 0.6 is 11.6 Å². The van der Waals surface area contributed by atoms with Crippen LogP contribution in [0.4, 0.5) is 10.3 Å². The molecule has 2 N–H and O–H groups in total. The second-order valence-corrected chi connectivity index (χ2v) is 6.18. The number of nitrogens with zero attached hydrogens (tertiary/aromatic N) is 5. The maximum absolute atomic E-state index is 14.1. The highest BCUT2D eigenvalue weighted by Gasteiger charge is 2.21. The van der Waals surface area contributed by atoms with Crippen molar-refractivity contribution in [3.63, 3.8) is 0 Å². The van der Waals surface area contributed by atoms with Gasteiger partial charge in [0.25, 0.3) is 0 Å². The summed E-state index contributed by atoms with van der Waals surface area (Å²) in [6.45, 7) is 2.70. The van der Waals surface area contributed by atoms with Crippen LogP contribution in [-0.2, 0) is 0 Å². The lowest BCUT2D eigenvalue weighted by atomic mass is 10.1. The Morgan fingerprint density at radius 2 is 1.96 bits per heavy atom. The Balaban J connectivity index is 1.68. The highest BCUT2D eigenvalue weighted by molar-refractivity contribution is 6.30. The van der Waals surface area contributed by atoms with Crippen LogP contribution in [0.25, 0.3) is 0 Å². The van der Waals surface area contributed by atoms with Gasteiger partial charge in [0.05, 0.1) is 0 Å². The number of piperazine rings is 1. The number of benzene rings is 1. The molecule has 0 saturated carbocycles. The minimum atomic E-state index is -0.803. The smallest absolute Gasteiger partial charge is 0.225 e. The lowest BCUT2D eigenvalue weighted by Crippen LogP contribution is -2.51. The molecule has 6 nitrogen and oxygen atoms in total. The Labute approximate surface area is 156 Å². The number of hydrogen-bond donors (Lipinski definition) is 1. The molecule has 1 aliphatic rings. The van der Waals surface area contributed by atoms with E-state index in [4.69, 9.17) is 23.8 Å². The molecule has 8 heteroatoms. The van der Waals surface area contributed by atoms with Gasteiger partial charge in [0.15, 0.2) is 5.96 Å². The largest absolute Gasteiger partial charge is 0.370 e. The third-order valence-corrected chi connectivity index (χ3v) is 4.35. The second kappa shape index (κ2) is 8.02. The van der Waals surface area contributed by atoms with Crippen LogP contribution in [0.5, 0.6) is 0 Å². The standard InChI is InChI=1S/C18H18ClFN6/c1-2-16(14-5-4-13(19)12-15(14)20)24-17(21)25-8-10-26(11-9-25)18-22-6-3-7-23-18/h1,3-7,12,16H,8-11H2,(H2,21,24). The van der Waals surface area contributed by atoms with Gasteiger partial charge < -0.3 is 15.5 Å². The second-order valence-electron chi connectivity index (χ2n) is 5.75. The molecule has 3 rings (SSSR count). The van der Waals surface area contributed by atoms with Crippen molar-refractivity contribution in [2.45, 2.75) is 6.04 Å². The summed E-state index contributed by atoms with van der Waals surface area (Å²) in [7, 11) is 0. The lowest BCUT2D eigenvalue weighted by Gasteiger charge is -2.35. The first-order valence-electron chi connectivity index (χ1n) is 8.09. The Bertz CT molecular complexity index is 827. The van der Waals surface area contributed by atoms with Gasteiger partial charge in [-0.3, -0.25) is 0 Å². The number of anilines is 1. The van der Waals surface area contributed by atoms with Crippen LogP contribution in [0, 0.1) is 18.2 Å². The molecule has 1 aliphatic heterocycles. The van der Waals surface area contributed by atoms with Gasteiger partial charge in [-0.15, -0.1) is 6.42 Å². The SMILES string of the molecule is C#CC(N=C(N)N1CCN(c2ncccn2)CC1)c1ccc(Cl)cc1F. The van der Waals surface area contributed by atoms with Gasteiger partial charge >= 0.3 is 0 Å². The van der Waals surface area contributed by atoms with Gasteiger partial charge in [0.1, 0.15) is 11.9 Å². The zero-order valence-corrected chi connectivity index (χ0v) is 14.8. The first kappa shape index (κ1) is 18.0. The van der Waals surface area contributed by atoms with E-state index in [1.54, 1.807) is 24.5 Å². The van der Waals surface area contributed by atoms with Gasteiger partial charge in [-0.1, -0.05) is 23.6 Å². The first-order valence-corrected chi connectivity index (χ1v) is 8.47. The molecule has 1 fully saturated rings. The van der Waals surface area contributed by atoms with Crippen LogP contribution in [0.3, 0.4) is 0 Å². The molecule has 1 aromatic heterocycles. The number of aliphatic imine (C=N–C) groups is 1. The van der Waals surface area contributed by atoms with E-state index < -0.39 is 11.9 Å². The molecular formula is C18H18ClFN6. The summed E-state index contributed by atoms with van der Waals surface area (Å²) in [5.74, 6) is 2.95. The maximum atomic E-state index is 14.1. The molecule has 0 radical (unpaired) electrons. The van der Waals surface area contributed by atoms with E-state index in [1.807, 2.05) is 4.90 Å².